The number of thioether (sulfide) groups is 1. The summed E-state index contributed by atoms with van der Waals surface area (Å²) < 4.78 is 1.78. The van der Waals surface area contributed by atoms with Crippen LogP contribution < -0.4 is 5.56 Å². The lowest BCUT2D eigenvalue weighted by Gasteiger charge is -2.13. The second-order valence-corrected chi connectivity index (χ2v) is 8.30. The standard InChI is InChI=1S/C25H21N5OS/c31-24-20-13-7-8-14-21(20)26-22(30(24)16-15-18-9-3-1-4-10-18)17-32-25-27-23(28-29-25)19-11-5-2-6-12-19/h1-14H,15-17H2,(H,27,28,29). The van der Waals surface area contributed by atoms with Crippen LogP contribution in [0, 0.1) is 0 Å². The first-order valence-electron chi connectivity index (χ1n) is 10.4. The number of aromatic nitrogens is 5. The molecule has 0 aliphatic rings. The van der Waals surface area contributed by atoms with Crippen molar-refractivity contribution in [2.24, 2.45) is 0 Å². The van der Waals surface area contributed by atoms with Crippen molar-refractivity contribution in [1.82, 2.24) is 24.7 Å². The average Bonchev–Trinajstić information content (AvgIpc) is 3.33. The van der Waals surface area contributed by atoms with E-state index in [-0.39, 0.29) is 5.56 Å². The van der Waals surface area contributed by atoms with E-state index in [1.807, 2.05) is 72.8 Å². The Bertz CT molecular complexity index is 1400. The first-order chi connectivity index (χ1) is 15.8. The zero-order valence-corrected chi connectivity index (χ0v) is 18.1. The lowest BCUT2D eigenvalue weighted by molar-refractivity contribution is 0.635. The van der Waals surface area contributed by atoms with Crippen molar-refractivity contribution >= 4 is 22.7 Å². The summed E-state index contributed by atoms with van der Waals surface area (Å²) in [6.45, 7) is 0.569. The first-order valence-corrected chi connectivity index (χ1v) is 11.4. The minimum absolute atomic E-state index is 0.0120. The van der Waals surface area contributed by atoms with Crippen LogP contribution in [-0.2, 0) is 18.7 Å². The Kier molecular flexibility index (Phi) is 5.81. The molecule has 0 saturated heterocycles. The summed E-state index contributed by atoms with van der Waals surface area (Å²) in [7, 11) is 0. The number of hydrogen-bond donors (Lipinski definition) is 1. The maximum atomic E-state index is 13.2. The van der Waals surface area contributed by atoms with Gasteiger partial charge in [-0.1, -0.05) is 84.6 Å². The quantitative estimate of drug-likeness (QED) is 0.372. The van der Waals surface area contributed by atoms with Crippen molar-refractivity contribution in [2.75, 3.05) is 0 Å². The molecule has 2 aromatic heterocycles. The molecule has 0 amide bonds. The zero-order chi connectivity index (χ0) is 21.8. The second-order valence-electron chi connectivity index (χ2n) is 7.36. The van der Waals surface area contributed by atoms with Gasteiger partial charge < -0.3 is 0 Å². The molecule has 0 spiro atoms. The lowest BCUT2D eigenvalue weighted by Crippen LogP contribution is -2.26. The van der Waals surface area contributed by atoms with Crippen molar-refractivity contribution in [1.29, 1.82) is 0 Å². The largest absolute Gasteiger partial charge is 0.295 e. The van der Waals surface area contributed by atoms with Gasteiger partial charge in [-0.15, -0.1) is 5.10 Å². The van der Waals surface area contributed by atoms with Gasteiger partial charge in [0.1, 0.15) is 5.82 Å². The smallest absolute Gasteiger partial charge is 0.261 e. The van der Waals surface area contributed by atoms with E-state index in [2.05, 4.69) is 27.3 Å². The van der Waals surface area contributed by atoms with E-state index >= 15 is 0 Å². The van der Waals surface area contributed by atoms with Gasteiger partial charge in [-0.3, -0.25) is 14.5 Å². The fraction of sp³-hybridized carbons (Fsp3) is 0.120. The van der Waals surface area contributed by atoms with Gasteiger partial charge in [0, 0.05) is 12.1 Å². The van der Waals surface area contributed by atoms with Crippen LogP contribution in [0.1, 0.15) is 11.4 Å². The van der Waals surface area contributed by atoms with Gasteiger partial charge in [-0.25, -0.2) is 9.97 Å². The Labute approximate surface area is 189 Å². The summed E-state index contributed by atoms with van der Waals surface area (Å²) in [6.07, 6.45) is 0.761. The minimum Gasteiger partial charge on any atom is -0.295 e. The van der Waals surface area contributed by atoms with Crippen LogP contribution in [0.2, 0.25) is 0 Å². The molecule has 0 aliphatic heterocycles. The van der Waals surface area contributed by atoms with Crippen LogP contribution in [0.15, 0.2) is 94.9 Å². The molecule has 0 fully saturated rings. The second kappa shape index (κ2) is 9.20. The maximum absolute atomic E-state index is 13.2. The van der Waals surface area contributed by atoms with Crippen LogP contribution in [-0.4, -0.2) is 24.7 Å². The predicted molar refractivity (Wildman–Crippen MR) is 128 cm³/mol. The van der Waals surface area contributed by atoms with Crippen LogP contribution in [0.3, 0.4) is 0 Å². The highest BCUT2D eigenvalue weighted by atomic mass is 32.2. The summed E-state index contributed by atoms with van der Waals surface area (Å²) in [5, 5.41) is 8.58. The van der Waals surface area contributed by atoms with Crippen molar-refractivity contribution in [3.8, 4) is 11.4 Å². The summed E-state index contributed by atoms with van der Waals surface area (Å²) in [4.78, 5) is 22.6. The molecule has 158 valence electrons. The molecule has 0 bridgehead atoms. The minimum atomic E-state index is -0.0120. The molecule has 2 heterocycles. The number of nitrogens with one attached hydrogen (secondary N) is 1. The van der Waals surface area contributed by atoms with Crippen molar-refractivity contribution in [3.63, 3.8) is 0 Å². The molecular formula is C25H21N5OS. The molecule has 6 nitrogen and oxygen atoms in total. The van der Waals surface area contributed by atoms with Gasteiger partial charge in [-0.2, -0.15) is 0 Å². The molecule has 5 aromatic rings. The monoisotopic (exact) mass is 439 g/mol. The number of fused-ring (bicyclic) bond motifs is 1. The van der Waals surface area contributed by atoms with Gasteiger partial charge in [-0.05, 0) is 24.1 Å². The van der Waals surface area contributed by atoms with Crippen LogP contribution in [0.25, 0.3) is 22.3 Å². The zero-order valence-electron chi connectivity index (χ0n) is 17.3. The van der Waals surface area contributed by atoms with E-state index in [9.17, 15) is 4.79 Å². The van der Waals surface area contributed by atoms with Crippen molar-refractivity contribution < 1.29 is 0 Å². The van der Waals surface area contributed by atoms with Crippen LogP contribution >= 0.6 is 11.8 Å². The van der Waals surface area contributed by atoms with Gasteiger partial charge in [0.15, 0.2) is 5.82 Å². The molecule has 3 aromatic carbocycles. The molecule has 5 rings (SSSR count). The van der Waals surface area contributed by atoms with Crippen molar-refractivity contribution in [2.45, 2.75) is 23.9 Å². The SMILES string of the molecule is O=c1c2ccccc2nc(CSc2n[nH]c(-c3ccccc3)n2)n1CCc1ccccc1. The van der Waals surface area contributed by atoms with Gasteiger partial charge >= 0.3 is 0 Å². The molecule has 0 aliphatic carbocycles. The Morgan fingerprint density at radius 3 is 2.38 bits per heavy atom. The summed E-state index contributed by atoms with van der Waals surface area (Å²) in [6, 6.07) is 27.6. The lowest BCUT2D eigenvalue weighted by atomic mass is 10.1. The van der Waals surface area contributed by atoms with Gasteiger partial charge in [0.25, 0.3) is 5.56 Å². The number of aromatic amines is 1. The van der Waals surface area contributed by atoms with Gasteiger partial charge in [0.2, 0.25) is 5.16 Å². The highest BCUT2D eigenvalue weighted by molar-refractivity contribution is 7.98. The average molecular weight is 440 g/mol. The summed E-state index contributed by atoms with van der Waals surface area (Å²) >= 11 is 1.47. The van der Waals surface area contributed by atoms with Crippen LogP contribution in [0.4, 0.5) is 0 Å². The fourth-order valence-electron chi connectivity index (χ4n) is 3.61. The Balaban J connectivity index is 1.42. The summed E-state index contributed by atoms with van der Waals surface area (Å²) in [5.74, 6) is 1.95. The molecule has 0 radical (unpaired) electrons. The van der Waals surface area contributed by atoms with E-state index in [1.165, 1.54) is 17.3 Å². The van der Waals surface area contributed by atoms with Crippen molar-refractivity contribution in [3.05, 3.63) is 107 Å². The van der Waals surface area contributed by atoms with E-state index < -0.39 is 0 Å². The Morgan fingerprint density at radius 1 is 0.844 bits per heavy atom. The number of aryl methyl sites for hydroxylation is 1. The number of hydrogen-bond acceptors (Lipinski definition) is 5. The highest BCUT2D eigenvalue weighted by Crippen LogP contribution is 2.22. The molecule has 0 saturated carbocycles. The fourth-order valence-corrected chi connectivity index (χ4v) is 4.35. The van der Waals surface area contributed by atoms with E-state index in [1.54, 1.807) is 4.57 Å². The molecule has 1 N–H and O–H groups in total. The molecule has 0 atom stereocenters. The number of H-pyrrole nitrogens is 1. The normalized spacial score (nSPS) is 11.1. The highest BCUT2D eigenvalue weighted by Gasteiger charge is 2.13. The van der Waals surface area contributed by atoms with Crippen LogP contribution in [0.5, 0.6) is 0 Å². The summed E-state index contributed by atoms with van der Waals surface area (Å²) in [5.41, 5.74) is 2.87. The van der Waals surface area contributed by atoms with E-state index in [4.69, 9.17) is 4.98 Å². The molecule has 7 heteroatoms. The predicted octanol–water partition coefficient (Wildman–Crippen LogP) is 4.72. The Morgan fingerprint density at radius 2 is 1.56 bits per heavy atom. The molecule has 0 unspecified atom stereocenters. The number of rotatable bonds is 7. The molecular weight excluding hydrogens is 418 g/mol. The third-order valence-electron chi connectivity index (χ3n) is 5.25. The van der Waals surface area contributed by atoms with E-state index in [0.29, 0.717) is 28.4 Å². The number of benzene rings is 3. The Hall–Kier alpha value is -3.71. The number of nitrogens with zero attached hydrogens (tertiary/aromatic N) is 4. The maximum Gasteiger partial charge on any atom is 0.261 e. The third kappa shape index (κ3) is 4.33. The van der Waals surface area contributed by atoms with Gasteiger partial charge in [0.05, 0.1) is 16.7 Å². The number of para-hydroxylation sites is 1. The molecule has 32 heavy (non-hydrogen) atoms. The van der Waals surface area contributed by atoms with E-state index in [0.717, 1.165) is 23.6 Å². The first kappa shape index (κ1) is 20.2. The topological polar surface area (TPSA) is 76.5 Å². The third-order valence-corrected chi connectivity index (χ3v) is 6.09.